The molecule has 2 aromatic carbocycles. The molecule has 0 aliphatic carbocycles. The molecule has 0 N–H and O–H groups in total. The van der Waals surface area contributed by atoms with Crippen molar-refractivity contribution in [3.8, 4) is 17.1 Å². The summed E-state index contributed by atoms with van der Waals surface area (Å²) in [6.45, 7) is 4.43. The van der Waals surface area contributed by atoms with E-state index < -0.39 is 0 Å². The minimum atomic E-state index is 0.0602. The van der Waals surface area contributed by atoms with E-state index in [0.29, 0.717) is 18.3 Å². The molecule has 1 aliphatic heterocycles. The maximum Gasteiger partial charge on any atom is 0.241 e. The average molecular weight is 405 g/mol. The van der Waals surface area contributed by atoms with Crippen LogP contribution in [0.25, 0.3) is 11.4 Å². The van der Waals surface area contributed by atoms with Gasteiger partial charge < -0.3 is 9.26 Å². The molecule has 6 nitrogen and oxygen atoms in total. The molecule has 30 heavy (non-hydrogen) atoms. The van der Waals surface area contributed by atoms with Gasteiger partial charge >= 0.3 is 0 Å². The number of ketones is 1. The molecule has 6 heteroatoms. The summed E-state index contributed by atoms with van der Waals surface area (Å²) in [6, 6.07) is 15.6. The predicted octanol–water partition coefficient (Wildman–Crippen LogP) is 4.40. The number of hydrogen-bond acceptors (Lipinski definition) is 6. The molecule has 0 amide bonds. The lowest BCUT2D eigenvalue weighted by Crippen LogP contribution is -2.36. The van der Waals surface area contributed by atoms with Gasteiger partial charge in [0, 0.05) is 17.0 Å². The van der Waals surface area contributed by atoms with Gasteiger partial charge in [-0.15, -0.1) is 0 Å². The monoisotopic (exact) mass is 405 g/mol. The van der Waals surface area contributed by atoms with Crippen LogP contribution in [0.1, 0.15) is 41.6 Å². The zero-order valence-corrected chi connectivity index (χ0v) is 17.5. The Balaban J connectivity index is 1.31. The fraction of sp³-hybridized carbons (Fsp3) is 0.375. The maximum atomic E-state index is 12.8. The Kier molecular flexibility index (Phi) is 6.23. The van der Waals surface area contributed by atoms with Crippen LogP contribution in [0.2, 0.25) is 0 Å². The van der Waals surface area contributed by atoms with E-state index in [9.17, 15) is 4.79 Å². The van der Waals surface area contributed by atoms with Gasteiger partial charge in [0.1, 0.15) is 5.75 Å². The quantitative estimate of drug-likeness (QED) is 0.543. The fourth-order valence-electron chi connectivity index (χ4n) is 3.86. The highest BCUT2D eigenvalue weighted by Gasteiger charge is 2.26. The molecule has 0 spiro atoms. The van der Waals surface area contributed by atoms with Gasteiger partial charge in [-0.05, 0) is 62.2 Å². The molecule has 0 bridgehead atoms. The molecule has 3 aromatic rings. The standard InChI is InChI=1S/C24H27N3O3/c1-3-17-4-6-20(7-5-17)24-25-22(30-26-24)16-27-14-12-19(13-15-27)23(28)18-8-10-21(29-2)11-9-18/h4-11,19H,3,12-16H2,1-2H3. The minimum absolute atomic E-state index is 0.0602. The molecule has 156 valence electrons. The molecule has 1 aliphatic rings. The van der Waals surface area contributed by atoms with Gasteiger partial charge in [-0.2, -0.15) is 4.98 Å². The number of aryl methyl sites for hydroxylation is 1. The summed E-state index contributed by atoms with van der Waals surface area (Å²) in [5.74, 6) is 2.28. The van der Waals surface area contributed by atoms with E-state index >= 15 is 0 Å². The van der Waals surface area contributed by atoms with Crippen molar-refractivity contribution in [2.24, 2.45) is 5.92 Å². The molecule has 1 aromatic heterocycles. The van der Waals surface area contributed by atoms with Crippen LogP contribution in [0, 0.1) is 5.92 Å². The van der Waals surface area contributed by atoms with Crippen molar-refractivity contribution in [3.05, 3.63) is 65.5 Å². The van der Waals surface area contributed by atoms with Crippen molar-refractivity contribution in [3.63, 3.8) is 0 Å². The third kappa shape index (κ3) is 4.60. The maximum absolute atomic E-state index is 12.8. The Labute approximate surface area is 176 Å². The first-order valence-electron chi connectivity index (χ1n) is 10.5. The van der Waals surface area contributed by atoms with E-state index in [1.807, 2.05) is 36.4 Å². The highest BCUT2D eigenvalue weighted by atomic mass is 16.5. The Morgan fingerprint density at radius 2 is 1.80 bits per heavy atom. The number of aromatic nitrogens is 2. The van der Waals surface area contributed by atoms with Gasteiger partial charge in [-0.1, -0.05) is 36.3 Å². The van der Waals surface area contributed by atoms with Crippen LogP contribution in [-0.4, -0.2) is 41.0 Å². The van der Waals surface area contributed by atoms with Crippen LogP contribution < -0.4 is 4.74 Å². The van der Waals surface area contributed by atoms with Gasteiger partial charge in [0.15, 0.2) is 5.78 Å². The molecule has 0 saturated carbocycles. The summed E-state index contributed by atoms with van der Waals surface area (Å²) in [5, 5.41) is 4.13. The summed E-state index contributed by atoms with van der Waals surface area (Å²) >= 11 is 0. The van der Waals surface area contributed by atoms with Crippen LogP contribution in [-0.2, 0) is 13.0 Å². The molecule has 0 unspecified atom stereocenters. The van der Waals surface area contributed by atoms with Crippen molar-refractivity contribution >= 4 is 5.78 Å². The molecule has 0 radical (unpaired) electrons. The lowest BCUT2D eigenvalue weighted by Gasteiger charge is -2.30. The number of ether oxygens (including phenoxy) is 1. The number of carbonyl (C=O) groups excluding carboxylic acids is 1. The number of Topliss-reactive ketones (excluding diaryl/α,β-unsaturated/α-hetero) is 1. The summed E-state index contributed by atoms with van der Waals surface area (Å²) in [5.41, 5.74) is 3.01. The van der Waals surface area contributed by atoms with Crippen molar-refractivity contribution in [2.45, 2.75) is 32.7 Å². The number of nitrogens with zero attached hydrogens (tertiary/aromatic N) is 3. The van der Waals surface area contributed by atoms with E-state index in [2.05, 4.69) is 34.1 Å². The fourth-order valence-corrected chi connectivity index (χ4v) is 3.86. The van der Waals surface area contributed by atoms with Crippen LogP contribution in [0.5, 0.6) is 5.75 Å². The number of methoxy groups -OCH3 is 1. The molecular weight excluding hydrogens is 378 g/mol. The van der Waals surface area contributed by atoms with Crippen molar-refractivity contribution in [1.82, 2.24) is 15.0 Å². The molecular formula is C24H27N3O3. The van der Waals surface area contributed by atoms with Crippen LogP contribution in [0.3, 0.4) is 0 Å². The van der Waals surface area contributed by atoms with Crippen LogP contribution in [0.15, 0.2) is 53.1 Å². The Hall–Kier alpha value is -2.99. The van der Waals surface area contributed by atoms with Crippen LogP contribution >= 0.6 is 0 Å². The van der Waals surface area contributed by atoms with Crippen molar-refractivity contribution < 1.29 is 14.1 Å². The molecule has 2 heterocycles. The van der Waals surface area contributed by atoms with E-state index in [4.69, 9.17) is 9.26 Å². The molecule has 4 rings (SSSR count). The average Bonchev–Trinajstić information content (AvgIpc) is 3.27. The van der Waals surface area contributed by atoms with Gasteiger partial charge in [0.2, 0.25) is 11.7 Å². The molecule has 1 fully saturated rings. The number of piperidine rings is 1. The van der Waals surface area contributed by atoms with Crippen molar-refractivity contribution in [2.75, 3.05) is 20.2 Å². The summed E-state index contributed by atoms with van der Waals surface area (Å²) in [4.78, 5) is 19.6. The van der Waals surface area contributed by atoms with Gasteiger partial charge in [-0.25, -0.2) is 0 Å². The first kappa shape index (κ1) is 20.3. The Morgan fingerprint density at radius 3 is 2.43 bits per heavy atom. The highest BCUT2D eigenvalue weighted by molar-refractivity contribution is 5.98. The van der Waals surface area contributed by atoms with E-state index in [1.54, 1.807) is 7.11 Å². The lowest BCUT2D eigenvalue weighted by molar-refractivity contribution is 0.0825. The zero-order chi connectivity index (χ0) is 20.9. The number of likely N-dealkylation sites (tertiary alicyclic amines) is 1. The largest absolute Gasteiger partial charge is 0.497 e. The van der Waals surface area contributed by atoms with Crippen molar-refractivity contribution in [1.29, 1.82) is 0 Å². The second kappa shape index (κ2) is 9.22. The van der Waals surface area contributed by atoms with Gasteiger partial charge in [0.25, 0.3) is 0 Å². The van der Waals surface area contributed by atoms with Crippen LogP contribution in [0.4, 0.5) is 0 Å². The molecule has 0 atom stereocenters. The number of carbonyl (C=O) groups is 1. The zero-order valence-electron chi connectivity index (χ0n) is 17.5. The lowest BCUT2D eigenvalue weighted by atomic mass is 9.89. The first-order chi connectivity index (χ1) is 14.7. The predicted molar refractivity (Wildman–Crippen MR) is 114 cm³/mol. The first-order valence-corrected chi connectivity index (χ1v) is 10.5. The molecule has 1 saturated heterocycles. The summed E-state index contributed by atoms with van der Waals surface area (Å²) in [6.07, 6.45) is 2.68. The number of benzene rings is 2. The van der Waals surface area contributed by atoms with E-state index in [0.717, 1.165) is 49.2 Å². The smallest absolute Gasteiger partial charge is 0.241 e. The Bertz CT molecular complexity index is 972. The third-order valence-corrected chi connectivity index (χ3v) is 5.78. The van der Waals surface area contributed by atoms with E-state index in [1.165, 1.54) is 5.56 Å². The summed E-state index contributed by atoms with van der Waals surface area (Å²) in [7, 11) is 1.63. The van der Waals surface area contributed by atoms with Gasteiger partial charge in [0.05, 0.1) is 13.7 Å². The normalized spacial score (nSPS) is 15.3. The number of hydrogen-bond donors (Lipinski definition) is 0. The topological polar surface area (TPSA) is 68.5 Å². The minimum Gasteiger partial charge on any atom is -0.497 e. The second-order valence-corrected chi connectivity index (χ2v) is 7.71. The second-order valence-electron chi connectivity index (χ2n) is 7.71. The van der Waals surface area contributed by atoms with E-state index in [-0.39, 0.29) is 11.7 Å². The summed E-state index contributed by atoms with van der Waals surface area (Å²) < 4.78 is 10.6. The number of rotatable bonds is 7. The highest BCUT2D eigenvalue weighted by Crippen LogP contribution is 2.24. The Morgan fingerprint density at radius 1 is 1.10 bits per heavy atom. The van der Waals surface area contributed by atoms with Gasteiger partial charge in [-0.3, -0.25) is 9.69 Å². The third-order valence-electron chi connectivity index (χ3n) is 5.78. The SMILES string of the molecule is CCc1ccc(-c2noc(CN3CCC(C(=O)c4ccc(OC)cc4)CC3)n2)cc1.